The zero-order valence-corrected chi connectivity index (χ0v) is 19.8. The Kier molecular flexibility index (Phi) is 7.43. The number of carbonyl (C=O) groups is 1. The van der Waals surface area contributed by atoms with Gasteiger partial charge in [0.05, 0.1) is 33.0 Å². The van der Waals surface area contributed by atoms with E-state index in [0.29, 0.717) is 21.6 Å². The molecule has 0 aliphatic rings. The van der Waals surface area contributed by atoms with E-state index in [1.165, 1.54) is 38.8 Å². The van der Waals surface area contributed by atoms with Gasteiger partial charge in [0.25, 0.3) is 15.9 Å². The van der Waals surface area contributed by atoms with Gasteiger partial charge in [0.1, 0.15) is 0 Å². The molecule has 0 saturated carbocycles. The van der Waals surface area contributed by atoms with Gasteiger partial charge in [-0.2, -0.15) is 0 Å². The van der Waals surface area contributed by atoms with Gasteiger partial charge in [0.15, 0.2) is 0 Å². The molecular formula is C22H20Cl2N2O3S2. The summed E-state index contributed by atoms with van der Waals surface area (Å²) < 4.78 is 28.6. The van der Waals surface area contributed by atoms with E-state index in [1.807, 2.05) is 6.07 Å². The van der Waals surface area contributed by atoms with Crippen LogP contribution >= 0.6 is 34.5 Å². The maximum atomic E-state index is 13.4. The molecule has 0 unspecified atom stereocenters. The van der Waals surface area contributed by atoms with Gasteiger partial charge in [-0.3, -0.25) is 9.10 Å². The predicted octanol–water partition coefficient (Wildman–Crippen LogP) is 5.71. The summed E-state index contributed by atoms with van der Waals surface area (Å²) in [6, 6.07) is 16.3. The average molecular weight is 495 g/mol. The van der Waals surface area contributed by atoms with Crippen LogP contribution in [-0.2, 0) is 16.6 Å². The van der Waals surface area contributed by atoms with Crippen molar-refractivity contribution in [3.8, 4) is 0 Å². The monoisotopic (exact) mass is 494 g/mol. The Morgan fingerprint density at radius 1 is 1.10 bits per heavy atom. The maximum absolute atomic E-state index is 13.4. The van der Waals surface area contributed by atoms with Crippen molar-refractivity contribution in [2.75, 3.05) is 17.9 Å². The number of halogens is 2. The van der Waals surface area contributed by atoms with E-state index < -0.39 is 10.0 Å². The minimum Gasteiger partial charge on any atom is -0.337 e. The zero-order chi connectivity index (χ0) is 22.6. The van der Waals surface area contributed by atoms with Crippen molar-refractivity contribution in [1.29, 1.82) is 0 Å². The van der Waals surface area contributed by atoms with Gasteiger partial charge in [-0.1, -0.05) is 47.5 Å². The summed E-state index contributed by atoms with van der Waals surface area (Å²) >= 11 is 13.6. The molecular weight excluding hydrogens is 475 g/mol. The highest BCUT2D eigenvalue weighted by Crippen LogP contribution is 2.30. The molecule has 1 amide bonds. The largest absolute Gasteiger partial charge is 0.337 e. The number of anilines is 1. The molecule has 0 fully saturated rings. The highest BCUT2D eigenvalue weighted by atomic mass is 35.5. The van der Waals surface area contributed by atoms with Gasteiger partial charge in [-0.25, -0.2) is 8.42 Å². The summed E-state index contributed by atoms with van der Waals surface area (Å²) in [4.78, 5) is 15.3. The SMILES string of the molecule is C=CCN(c1ccccc1Cl)S(=O)(=O)c1cccc(C(=O)N(C)Cc2ccc(Cl)s2)c1. The van der Waals surface area contributed by atoms with Crippen LogP contribution in [-0.4, -0.2) is 32.8 Å². The summed E-state index contributed by atoms with van der Waals surface area (Å²) in [5.41, 5.74) is 0.608. The molecule has 162 valence electrons. The number of hydrogen-bond acceptors (Lipinski definition) is 4. The second-order valence-electron chi connectivity index (χ2n) is 6.67. The minimum atomic E-state index is -3.98. The molecule has 0 saturated heterocycles. The Balaban J connectivity index is 1.92. The Hall–Kier alpha value is -2.32. The van der Waals surface area contributed by atoms with Crippen molar-refractivity contribution in [2.45, 2.75) is 11.4 Å². The third-order valence-electron chi connectivity index (χ3n) is 4.45. The lowest BCUT2D eigenvalue weighted by atomic mass is 10.2. The summed E-state index contributed by atoms with van der Waals surface area (Å²) in [7, 11) is -2.33. The van der Waals surface area contributed by atoms with Crippen LogP contribution in [0.15, 0.2) is 78.2 Å². The number of nitrogens with zero attached hydrogens (tertiary/aromatic N) is 2. The molecule has 0 radical (unpaired) electrons. The summed E-state index contributed by atoms with van der Waals surface area (Å²) in [6.07, 6.45) is 1.48. The van der Waals surface area contributed by atoms with Crippen LogP contribution in [0.25, 0.3) is 0 Å². The maximum Gasteiger partial charge on any atom is 0.264 e. The second kappa shape index (κ2) is 9.87. The van der Waals surface area contributed by atoms with Crippen LogP contribution < -0.4 is 4.31 Å². The molecule has 1 aromatic heterocycles. The first-order valence-electron chi connectivity index (χ1n) is 9.22. The molecule has 3 rings (SSSR count). The third kappa shape index (κ3) is 5.30. The average Bonchev–Trinajstić information content (AvgIpc) is 3.16. The first kappa shape index (κ1) is 23.3. The lowest BCUT2D eigenvalue weighted by molar-refractivity contribution is 0.0786. The molecule has 3 aromatic rings. The fraction of sp³-hybridized carbons (Fsp3) is 0.136. The zero-order valence-electron chi connectivity index (χ0n) is 16.7. The van der Waals surface area contributed by atoms with Crippen molar-refractivity contribution in [3.05, 3.63) is 93.1 Å². The van der Waals surface area contributed by atoms with Crippen LogP contribution in [0.1, 0.15) is 15.2 Å². The summed E-state index contributed by atoms with van der Waals surface area (Å²) in [6.45, 7) is 4.06. The smallest absolute Gasteiger partial charge is 0.264 e. The van der Waals surface area contributed by atoms with Gasteiger partial charge < -0.3 is 4.90 Å². The number of para-hydroxylation sites is 1. The molecule has 5 nitrogen and oxygen atoms in total. The Bertz CT molecular complexity index is 1210. The number of benzene rings is 2. The van der Waals surface area contributed by atoms with Gasteiger partial charge >= 0.3 is 0 Å². The molecule has 2 aromatic carbocycles. The lowest BCUT2D eigenvalue weighted by Crippen LogP contribution is -2.32. The Morgan fingerprint density at radius 2 is 1.84 bits per heavy atom. The van der Waals surface area contributed by atoms with E-state index in [0.717, 1.165) is 4.88 Å². The summed E-state index contributed by atoms with van der Waals surface area (Å²) in [5, 5.41) is 0.300. The number of hydrogen-bond donors (Lipinski definition) is 0. The number of thiophene rings is 1. The van der Waals surface area contributed by atoms with Crippen LogP contribution in [0.2, 0.25) is 9.36 Å². The lowest BCUT2D eigenvalue weighted by Gasteiger charge is -2.24. The Morgan fingerprint density at radius 3 is 2.48 bits per heavy atom. The first-order chi connectivity index (χ1) is 14.7. The summed E-state index contributed by atoms with van der Waals surface area (Å²) in [5.74, 6) is -0.297. The Labute approximate surface area is 196 Å². The van der Waals surface area contributed by atoms with Gasteiger partial charge in [-0.05, 0) is 42.5 Å². The number of sulfonamides is 1. The molecule has 31 heavy (non-hydrogen) atoms. The quantitative estimate of drug-likeness (QED) is 0.376. The van der Waals surface area contributed by atoms with E-state index >= 15 is 0 Å². The van der Waals surface area contributed by atoms with Crippen LogP contribution in [0.4, 0.5) is 5.69 Å². The highest BCUT2D eigenvalue weighted by Gasteiger charge is 2.26. The molecule has 0 aliphatic heterocycles. The van der Waals surface area contributed by atoms with Crippen molar-refractivity contribution < 1.29 is 13.2 Å². The normalized spacial score (nSPS) is 11.2. The third-order valence-corrected chi connectivity index (χ3v) is 7.76. The van der Waals surface area contributed by atoms with Crippen molar-refractivity contribution in [3.63, 3.8) is 0 Å². The van der Waals surface area contributed by atoms with Crippen LogP contribution in [0.5, 0.6) is 0 Å². The number of rotatable bonds is 8. The van der Waals surface area contributed by atoms with Crippen molar-refractivity contribution in [1.82, 2.24) is 4.90 Å². The van der Waals surface area contributed by atoms with E-state index in [9.17, 15) is 13.2 Å². The van der Waals surface area contributed by atoms with Gasteiger partial charge in [-0.15, -0.1) is 17.9 Å². The molecule has 1 heterocycles. The van der Waals surface area contributed by atoms with E-state index in [2.05, 4.69) is 6.58 Å². The molecule has 0 atom stereocenters. The van der Waals surface area contributed by atoms with Crippen molar-refractivity contribution in [2.24, 2.45) is 0 Å². The predicted molar refractivity (Wildman–Crippen MR) is 128 cm³/mol. The topological polar surface area (TPSA) is 57.7 Å². The fourth-order valence-electron chi connectivity index (χ4n) is 2.98. The van der Waals surface area contributed by atoms with Crippen LogP contribution in [0.3, 0.4) is 0 Å². The second-order valence-corrected chi connectivity index (χ2v) is 10.7. The fourth-order valence-corrected chi connectivity index (χ4v) is 5.91. The van der Waals surface area contributed by atoms with Crippen LogP contribution in [0, 0.1) is 0 Å². The molecule has 9 heteroatoms. The standard InChI is InChI=1S/C22H20Cl2N2O3S2/c1-3-13-26(20-10-5-4-9-19(20)23)31(28,29)18-8-6-7-16(14-18)22(27)25(2)15-17-11-12-21(24)30-17/h3-12,14H,1,13,15H2,2H3. The number of carbonyl (C=O) groups excluding carboxylic acids is 1. The molecule has 0 N–H and O–H groups in total. The van der Waals surface area contributed by atoms with E-state index in [-0.39, 0.29) is 22.9 Å². The number of amides is 1. The molecule has 0 aliphatic carbocycles. The first-order valence-corrected chi connectivity index (χ1v) is 12.2. The molecule has 0 spiro atoms. The van der Waals surface area contributed by atoms with E-state index in [4.69, 9.17) is 23.2 Å². The molecule has 0 bridgehead atoms. The minimum absolute atomic E-state index is 0.00677. The van der Waals surface area contributed by atoms with Gasteiger partial charge in [0.2, 0.25) is 0 Å². The highest BCUT2D eigenvalue weighted by molar-refractivity contribution is 7.92. The van der Waals surface area contributed by atoms with Crippen molar-refractivity contribution >= 4 is 56.2 Å². The van der Waals surface area contributed by atoms with Gasteiger partial charge in [0, 0.05) is 17.5 Å². The van der Waals surface area contributed by atoms with E-state index in [1.54, 1.807) is 49.5 Å².